The Hall–Kier alpha value is -4.27. The molecule has 0 aliphatic rings. The van der Waals surface area contributed by atoms with E-state index in [1.807, 2.05) is 0 Å². The Labute approximate surface area is 181 Å². The molecule has 0 aliphatic carbocycles. The summed E-state index contributed by atoms with van der Waals surface area (Å²) in [7, 11) is 1.52. The van der Waals surface area contributed by atoms with Gasteiger partial charge in [0, 0.05) is 11.6 Å². The standard InChI is InChI=1S/C23H17F2NO6/c1-30-17-8-10-18(11-9-17)31-22-13-3-15(14-20(22)26(28)29)2-12-21(27)16-4-6-19(7-5-16)32-23(24)25/h2-14,23H,1H3. The second-order valence-corrected chi connectivity index (χ2v) is 6.36. The molecule has 0 saturated carbocycles. The first kappa shape index (κ1) is 22.4. The highest BCUT2D eigenvalue weighted by atomic mass is 19.3. The van der Waals surface area contributed by atoms with Gasteiger partial charge in [0.05, 0.1) is 12.0 Å². The molecule has 0 unspecified atom stereocenters. The number of allylic oxidation sites excluding steroid dienone is 1. The molecule has 0 aromatic heterocycles. The van der Waals surface area contributed by atoms with Crippen LogP contribution in [0.5, 0.6) is 23.0 Å². The molecule has 0 aliphatic heterocycles. The Kier molecular flexibility index (Phi) is 7.12. The van der Waals surface area contributed by atoms with Crippen molar-refractivity contribution in [1.29, 1.82) is 0 Å². The maximum absolute atomic E-state index is 12.3. The fraction of sp³-hybridized carbons (Fsp3) is 0.0870. The van der Waals surface area contributed by atoms with Gasteiger partial charge in [-0.2, -0.15) is 8.78 Å². The topological polar surface area (TPSA) is 87.9 Å². The smallest absolute Gasteiger partial charge is 0.387 e. The number of nitrogens with zero attached hydrogens (tertiary/aromatic N) is 1. The monoisotopic (exact) mass is 441 g/mol. The van der Waals surface area contributed by atoms with Gasteiger partial charge in [-0.25, -0.2) is 0 Å². The number of ketones is 1. The molecule has 0 heterocycles. The number of alkyl halides is 2. The first-order valence-electron chi connectivity index (χ1n) is 9.23. The van der Waals surface area contributed by atoms with Crippen LogP contribution in [-0.2, 0) is 0 Å². The van der Waals surface area contributed by atoms with Crippen molar-refractivity contribution in [3.8, 4) is 23.0 Å². The van der Waals surface area contributed by atoms with Crippen molar-refractivity contribution in [3.05, 3.63) is 94.0 Å². The van der Waals surface area contributed by atoms with Crippen LogP contribution in [0, 0.1) is 10.1 Å². The number of benzene rings is 3. The molecular weight excluding hydrogens is 424 g/mol. The van der Waals surface area contributed by atoms with Crippen LogP contribution < -0.4 is 14.2 Å². The maximum Gasteiger partial charge on any atom is 0.387 e. The van der Waals surface area contributed by atoms with Gasteiger partial charge in [-0.05, 0) is 66.2 Å². The lowest BCUT2D eigenvalue weighted by Crippen LogP contribution is -2.02. The minimum absolute atomic E-state index is 0.0401. The summed E-state index contributed by atoms with van der Waals surface area (Å²) in [6, 6.07) is 16.0. The fourth-order valence-electron chi connectivity index (χ4n) is 2.71. The van der Waals surface area contributed by atoms with E-state index in [0.29, 0.717) is 17.1 Å². The molecule has 3 aromatic rings. The average Bonchev–Trinajstić information content (AvgIpc) is 2.78. The number of hydrogen-bond donors (Lipinski definition) is 0. The van der Waals surface area contributed by atoms with E-state index in [2.05, 4.69) is 4.74 Å². The molecule has 0 fully saturated rings. The molecule has 7 nitrogen and oxygen atoms in total. The minimum Gasteiger partial charge on any atom is -0.497 e. The predicted molar refractivity (Wildman–Crippen MR) is 113 cm³/mol. The molecule has 0 N–H and O–H groups in total. The van der Waals surface area contributed by atoms with Crippen LogP contribution in [0.2, 0.25) is 0 Å². The number of hydrogen-bond acceptors (Lipinski definition) is 6. The molecule has 0 spiro atoms. The Morgan fingerprint density at radius 2 is 1.59 bits per heavy atom. The van der Waals surface area contributed by atoms with Crippen molar-refractivity contribution >= 4 is 17.5 Å². The van der Waals surface area contributed by atoms with Crippen LogP contribution in [0.1, 0.15) is 15.9 Å². The van der Waals surface area contributed by atoms with Gasteiger partial charge in [0.15, 0.2) is 5.78 Å². The quantitative estimate of drug-likeness (QED) is 0.178. The number of ether oxygens (including phenoxy) is 3. The van der Waals surface area contributed by atoms with Crippen molar-refractivity contribution in [1.82, 2.24) is 0 Å². The molecule has 164 valence electrons. The lowest BCUT2D eigenvalue weighted by molar-refractivity contribution is -0.385. The molecule has 0 bridgehead atoms. The Morgan fingerprint density at radius 3 is 2.19 bits per heavy atom. The van der Waals surface area contributed by atoms with E-state index in [0.717, 1.165) is 0 Å². The number of carbonyl (C=O) groups excluding carboxylic acids is 1. The molecule has 0 saturated heterocycles. The van der Waals surface area contributed by atoms with Gasteiger partial charge >= 0.3 is 12.3 Å². The minimum atomic E-state index is -2.95. The van der Waals surface area contributed by atoms with E-state index in [4.69, 9.17) is 9.47 Å². The molecule has 0 amide bonds. The van der Waals surface area contributed by atoms with E-state index in [9.17, 15) is 23.7 Å². The van der Waals surface area contributed by atoms with Crippen molar-refractivity contribution in [2.24, 2.45) is 0 Å². The van der Waals surface area contributed by atoms with Gasteiger partial charge in [-0.3, -0.25) is 14.9 Å². The molecular formula is C23H17F2NO6. The highest BCUT2D eigenvalue weighted by Gasteiger charge is 2.16. The number of nitro groups is 1. The van der Waals surface area contributed by atoms with E-state index < -0.39 is 17.3 Å². The zero-order valence-electron chi connectivity index (χ0n) is 16.7. The van der Waals surface area contributed by atoms with Crippen LogP contribution in [0.15, 0.2) is 72.8 Å². The highest BCUT2D eigenvalue weighted by molar-refractivity contribution is 6.06. The summed E-state index contributed by atoms with van der Waals surface area (Å²) in [6.07, 6.45) is 2.64. The molecule has 9 heteroatoms. The lowest BCUT2D eigenvalue weighted by Gasteiger charge is -2.08. The van der Waals surface area contributed by atoms with E-state index in [1.54, 1.807) is 30.3 Å². The number of rotatable bonds is 9. The number of nitro benzene ring substituents is 1. The normalized spacial score (nSPS) is 10.9. The summed E-state index contributed by atoms with van der Waals surface area (Å²) in [5.41, 5.74) is 0.380. The second-order valence-electron chi connectivity index (χ2n) is 6.36. The number of carbonyl (C=O) groups is 1. The molecule has 0 atom stereocenters. The fourth-order valence-corrected chi connectivity index (χ4v) is 2.71. The van der Waals surface area contributed by atoms with E-state index in [-0.39, 0.29) is 22.7 Å². The van der Waals surface area contributed by atoms with Crippen molar-refractivity contribution in [2.45, 2.75) is 6.61 Å². The zero-order chi connectivity index (χ0) is 23.1. The summed E-state index contributed by atoms with van der Waals surface area (Å²) in [5.74, 6) is 0.580. The molecule has 3 aromatic carbocycles. The van der Waals surface area contributed by atoms with Gasteiger partial charge in [-0.1, -0.05) is 12.1 Å². The van der Waals surface area contributed by atoms with Crippen LogP contribution in [0.25, 0.3) is 6.08 Å². The first-order valence-corrected chi connectivity index (χ1v) is 9.23. The third-order valence-electron chi connectivity index (χ3n) is 4.26. The van der Waals surface area contributed by atoms with Gasteiger partial charge in [0.25, 0.3) is 0 Å². The highest BCUT2D eigenvalue weighted by Crippen LogP contribution is 2.33. The molecule has 32 heavy (non-hydrogen) atoms. The summed E-state index contributed by atoms with van der Waals surface area (Å²) in [6.45, 7) is -2.95. The zero-order valence-corrected chi connectivity index (χ0v) is 16.7. The van der Waals surface area contributed by atoms with Crippen molar-refractivity contribution in [3.63, 3.8) is 0 Å². The third kappa shape index (κ3) is 5.88. The summed E-state index contributed by atoms with van der Waals surface area (Å²) < 4.78 is 39.3. The maximum atomic E-state index is 12.3. The van der Waals surface area contributed by atoms with Gasteiger partial charge in [0.2, 0.25) is 5.75 Å². The summed E-state index contributed by atoms with van der Waals surface area (Å²) in [5, 5.41) is 11.5. The first-order chi connectivity index (χ1) is 15.4. The van der Waals surface area contributed by atoms with Crippen molar-refractivity contribution < 1.29 is 32.7 Å². The SMILES string of the molecule is COc1ccc(Oc2ccc(C=CC(=O)c3ccc(OC(F)F)cc3)cc2[N+](=O)[O-])cc1. The second kappa shape index (κ2) is 10.2. The molecule has 3 rings (SSSR count). The van der Waals surface area contributed by atoms with E-state index in [1.165, 1.54) is 55.7 Å². The van der Waals surface area contributed by atoms with Crippen molar-refractivity contribution in [2.75, 3.05) is 7.11 Å². The van der Waals surface area contributed by atoms with Crippen LogP contribution in [0.4, 0.5) is 14.5 Å². The predicted octanol–water partition coefficient (Wildman–Crippen LogP) is 5.89. The number of methoxy groups -OCH3 is 1. The largest absolute Gasteiger partial charge is 0.497 e. The van der Waals surface area contributed by atoms with Gasteiger partial charge < -0.3 is 14.2 Å². The average molecular weight is 441 g/mol. The van der Waals surface area contributed by atoms with Gasteiger partial charge in [-0.15, -0.1) is 0 Å². The Morgan fingerprint density at radius 1 is 0.969 bits per heavy atom. The lowest BCUT2D eigenvalue weighted by atomic mass is 10.1. The van der Waals surface area contributed by atoms with Crippen LogP contribution >= 0.6 is 0 Å². The van der Waals surface area contributed by atoms with Crippen LogP contribution in [0.3, 0.4) is 0 Å². The van der Waals surface area contributed by atoms with Crippen LogP contribution in [-0.4, -0.2) is 24.4 Å². The number of halogens is 2. The third-order valence-corrected chi connectivity index (χ3v) is 4.26. The van der Waals surface area contributed by atoms with Gasteiger partial charge in [0.1, 0.15) is 17.2 Å². The Bertz CT molecular complexity index is 1130. The summed E-state index contributed by atoms with van der Waals surface area (Å²) >= 11 is 0. The Balaban J connectivity index is 1.75. The summed E-state index contributed by atoms with van der Waals surface area (Å²) in [4.78, 5) is 23.2. The molecule has 0 radical (unpaired) electrons. The van der Waals surface area contributed by atoms with E-state index >= 15 is 0 Å².